The first kappa shape index (κ1) is 9.08. The van der Waals surface area contributed by atoms with Crippen molar-refractivity contribution in [3.8, 4) is 11.8 Å². The van der Waals surface area contributed by atoms with Crippen molar-refractivity contribution in [1.82, 2.24) is 4.90 Å². The predicted molar refractivity (Wildman–Crippen MR) is 45.4 cm³/mol. The summed E-state index contributed by atoms with van der Waals surface area (Å²) in [6.07, 6.45) is 2.22. The second-order valence-electron chi connectivity index (χ2n) is 2.90. The fraction of sp³-hybridized carbons (Fsp3) is 0.667. The van der Waals surface area contributed by atoms with Crippen LogP contribution in [0.1, 0.15) is 12.8 Å². The highest BCUT2D eigenvalue weighted by molar-refractivity contribution is 5.88. The molecule has 1 fully saturated rings. The molecule has 12 heavy (non-hydrogen) atoms. The Hall–Kier alpha value is -1.01. The van der Waals surface area contributed by atoms with Crippen molar-refractivity contribution >= 4 is 5.97 Å². The van der Waals surface area contributed by atoms with E-state index in [9.17, 15) is 4.79 Å². The Bertz CT molecular complexity index is 226. The van der Waals surface area contributed by atoms with Crippen LogP contribution in [0.4, 0.5) is 0 Å². The Morgan fingerprint density at radius 2 is 2.42 bits per heavy atom. The molecule has 1 rings (SSSR count). The molecule has 3 nitrogen and oxygen atoms in total. The molecule has 0 aromatic carbocycles. The summed E-state index contributed by atoms with van der Waals surface area (Å²) in [6.45, 7) is 1.07. The number of ether oxygens (including phenoxy) is 1. The minimum atomic E-state index is -0.449. The van der Waals surface area contributed by atoms with Crippen molar-refractivity contribution in [2.45, 2.75) is 18.9 Å². The number of hydrogen-bond acceptors (Lipinski definition) is 3. The first-order chi connectivity index (χ1) is 5.74. The minimum absolute atomic E-state index is 0.240. The lowest BCUT2D eigenvalue weighted by molar-refractivity contribution is -0.133. The van der Waals surface area contributed by atoms with Gasteiger partial charge in [0.25, 0.3) is 0 Å². The molecule has 1 atom stereocenters. The highest BCUT2D eigenvalue weighted by atomic mass is 16.5. The van der Waals surface area contributed by atoms with Crippen LogP contribution in [-0.2, 0) is 9.53 Å². The molecule has 0 N–H and O–H groups in total. The van der Waals surface area contributed by atoms with E-state index in [1.807, 2.05) is 7.05 Å². The first-order valence-corrected chi connectivity index (χ1v) is 4.04. The average Bonchev–Trinajstić information content (AvgIpc) is 2.47. The van der Waals surface area contributed by atoms with E-state index in [2.05, 4.69) is 21.5 Å². The van der Waals surface area contributed by atoms with Crippen LogP contribution >= 0.6 is 0 Å². The van der Waals surface area contributed by atoms with Gasteiger partial charge in [0.1, 0.15) is 0 Å². The second-order valence-corrected chi connectivity index (χ2v) is 2.90. The van der Waals surface area contributed by atoms with Crippen LogP contribution in [0.2, 0.25) is 0 Å². The Morgan fingerprint density at radius 1 is 1.67 bits per heavy atom. The summed E-state index contributed by atoms with van der Waals surface area (Å²) < 4.78 is 4.41. The van der Waals surface area contributed by atoms with Crippen molar-refractivity contribution in [2.24, 2.45) is 0 Å². The molecule has 0 aromatic heterocycles. The maximum Gasteiger partial charge on any atom is 0.384 e. The van der Waals surface area contributed by atoms with Crippen LogP contribution in [0.25, 0.3) is 0 Å². The van der Waals surface area contributed by atoms with Crippen LogP contribution in [0.15, 0.2) is 0 Å². The van der Waals surface area contributed by atoms with Gasteiger partial charge in [-0.05, 0) is 26.4 Å². The van der Waals surface area contributed by atoms with Gasteiger partial charge in [0.15, 0.2) is 0 Å². The minimum Gasteiger partial charge on any atom is -0.459 e. The molecular weight excluding hydrogens is 154 g/mol. The SMILES string of the molecule is COC(=O)C#CC1CCCN1C. The van der Waals surface area contributed by atoms with E-state index in [0.717, 1.165) is 19.4 Å². The summed E-state index contributed by atoms with van der Waals surface area (Å²) in [4.78, 5) is 12.8. The van der Waals surface area contributed by atoms with Gasteiger partial charge >= 0.3 is 5.97 Å². The van der Waals surface area contributed by atoms with Crippen molar-refractivity contribution in [1.29, 1.82) is 0 Å². The predicted octanol–water partition coefficient (Wildman–Crippen LogP) is 0.257. The Morgan fingerprint density at radius 3 is 2.92 bits per heavy atom. The molecule has 0 bridgehead atoms. The molecular formula is C9H13NO2. The molecule has 1 aliphatic heterocycles. The van der Waals surface area contributed by atoms with Crippen LogP contribution in [0.5, 0.6) is 0 Å². The third-order valence-corrected chi connectivity index (χ3v) is 2.05. The number of carbonyl (C=O) groups is 1. The summed E-state index contributed by atoms with van der Waals surface area (Å²) in [5.74, 6) is 4.89. The summed E-state index contributed by atoms with van der Waals surface area (Å²) in [7, 11) is 3.36. The molecule has 1 saturated heterocycles. The number of carbonyl (C=O) groups excluding carboxylic acids is 1. The van der Waals surface area contributed by atoms with Gasteiger partial charge in [-0.3, -0.25) is 4.90 Å². The molecule has 66 valence electrons. The van der Waals surface area contributed by atoms with Gasteiger partial charge < -0.3 is 4.74 Å². The zero-order valence-corrected chi connectivity index (χ0v) is 7.46. The number of likely N-dealkylation sites (tertiary alicyclic amines) is 1. The van der Waals surface area contributed by atoms with Gasteiger partial charge in [0, 0.05) is 5.92 Å². The highest BCUT2D eigenvalue weighted by Crippen LogP contribution is 2.12. The smallest absolute Gasteiger partial charge is 0.384 e. The van der Waals surface area contributed by atoms with Gasteiger partial charge in [0.05, 0.1) is 13.2 Å². The van der Waals surface area contributed by atoms with Crippen molar-refractivity contribution < 1.29 is 9.53 Å². The Kier molecular flexibility index (Phi) is 3.12. The number of hydrogen-bond donors (Lipinski definition) is 0. The molecule has 1 heterocycles. The van der Waals surface area contributed by atoms with Crippen molar-refractivity contribution in [2.75, 3.05) is 20.7 Å². The first-order valence-electron chi connectivity index (χ1n) is 4.04. The summed E-state index contributed by atoms with van der Waals surface area (Å²) in [5, 5.41) is 0. The number of esters is 1. The molecule has 1 unspecified atom stereocenters. The molecule has 0 aliphatic carbocycles. The second kappa shape index (κ2) is 4.13. The third kappa shape index (κ3) is 2.24. The lowest BCUT2D eigenvalue weighted by Crippen LogP contribution is -2.23. The van der Waals surface area contributed by atoms with Gasteiger partial charge in [-0.25, -0.2) is 4.79 Å². The number of nitrogens with zero attached hydrogens (tertiary/aromatic N) is 1. The van der Waals surface area contributed by atoms with E-state index in [-0.39, 0.29) is 6.04 Å². The topological polar surface area (TPSA) is 29.5 Å². The van der Waals surface area contributed by atoms with Gasteiger partial charge in [0.2, 0.25) is 0 Å². The van der Waals surface area contributed by atoms with Gasteiger partial charge in [-0.1, -0.05) is 5.92 Å². The van der Waals surface area contributed by atoms with Crippen molar-refractivity contribution in [3.63, 3.8) is 0 Å². The molecule has 3 heteroatoms. The van der Waals surface area contributed by atoms with E-state index in [1.54, 1.807) is 0 Å². The van der Waals surface area contributed by atoms with E-state index in [1.165, 1.54) is 7.11 Å². The average molecular weight is 167 g/mol. The lowest BCUT2D eigenvalue weighted by Gasteiger charge is -2.11. The molecule has 0 spiro atoms. The standard InChI is InChI=1S/C9H13NO2/c1-10-7-3-4-8(10)5-6-9(11)12-2/h8H,3-4,7H2,1-2H3. The number of methoxy groups -OCH3 is 1. The molecule has 1 aliphatic rings. The van der Waals surface area contributed by atoms with E-state index < -0.39 is 5.97 Å². The van der Waals surface area contributed by atoms with Gasteiger partial charge in [-0.2, -0.15) is 0 Å². The maximum absolute atomic E-state index is 10.7. The summed E-state index contributed by atoms with van der Waals surface area (Å²) in [6, 6.07) is 0.240. The maximum atomic E-state index is 10.7. The monoisotopic (exact) mass is 167 g/mol. The normalized spacial score (nSPS) is 23.0. The zero-order valence-electron chi connectivity index (χ0n) is 7.46. The quantitative estimate of drug-likeness (QED) is 0.294. The largest absolute Gasteiger partial charge is 0.459 e. The van der Waals surface area contributed by atoms with E-state index in [4.69, 9.17) is 0 Å². The van der Waals surface area contributed by atoms with Crippen LogP contribution in [0, 0.1) is 11.8 Å². The summed E-state index contributed by atoms with van der Waals surface area (Å²) in [5.41, 5.74) is 0. The van der Waals surface area contributed by atoms with Gasteiger partial charge in [-0.15, -0.1) is 0 Å². The molecule has 0 saturated carbocycles. The molecule has 0 amide bonds. The van der Waals surface area contributed by atoms with Crippen LogP contribution < -0.4 is 0 Å². The highest BCUT2D eigenvalue weighted by Gasteiger charge is 2.18. The molecule has 0 aromatic rings. The fourth-order valence-electron chi connectivity index (χ4n) is 1.29. The number of rotatable bonds is 0. The van der Waals surface area contributed by atoms with E-state index >= 15 is 0 Å². The summed E-state index contributed by atoms with van der Waals surface area (Å²) >= 11 is 0. The fourth-order valence-corrected chi connectivity index (χ4v) is 1.29. The third-order valence-electron chi connectivity index (χ3n) is 2.05. The lowest BCUT2D eigenvalue weighted by atomic mass is 10.2. The Labute approximate surface area is 72.7 Å². The zero-order chi connectivity index (χ0) is 8.97. The van der Waals surface area contributed by atoms with Crippen LogP contribution in [0.3, 0.4) is 0 Å². The van der Waals surface area contributed by atoms with E-state index in [0.29, 0.717) is 0 Å². The Balaban J connectivity index is 2.47. The molecule has 0 radical (unpaired) electrons. The van der Waals surface area contributed by atoms with Crippen LogP contribution in [-0.4, -0.2) is 37.6 Å². The van der Waals surface area contributed by atoms with Crippen molar-refractivity contribution in [3.05, 3.63) is 0 Å².